The van der Waals surface area contributed by atoms with Crippen molar-refractivity contribution < 1.29 is 21.8 Å². The van der Waals surface area contributed by atoms with Crippen LogP contribution in [-0.2, 0) is 26.7 Å². The Bertz CT molecular complexity index is 916. The molecule has 0 bridgehead atoms. The highest BCUT2D eigenvalue weighted by Crippen LogP contribution is 2.46. The van der Waals surface area contributed by atoms with E-state index in [-0.39, 0.29) is 5.56 Å². The molecule has 1 saturated carbocycles. The minimum Gasteiger partial charge on any atom is -0.598 e. The van der Waals surface area contributed by atoms with Gasteiger partial charge in [-0.2, -0.15) is 9.65 Å². The van der Waals surface area contributed by atoms with Crippen LogP contribution in [-0.4, -0.2) is 39.9 Å². The van der Waals surface area contributed by atoms with E-state index in [2.05, 4.69) is 25.6 Å². The SMILES string of the molecule is CC(CS(=O)(=O)C(C#N)(CF)C1CC1)(N[S@+]([O-])C(C)(C)C)c1cc(Br)cnc1F. The molecule has 29 heavy (non-hydrogen) atoms. The predicted octanol–water partition coefficient (Wildman–Crippen LogP) is 3.31. The van der Waals surface area contributed by atoms with E-state index < -0.39 is 60.5 Å². The molecule has 6 nitrogen and oxygen atoms in total. The minimum absolute atomic E-state index is 0.144. The van der Waals surface area contributed by atoms with Gasteiger partial charge in [0.05, 0.1) is 11.8 Å². The van der Waals surface area contributed by atoms with Crippen molar-refractivity contribution in [2.75, 3.05) is 12.4 Å². The van der Waals surface area contributed by atoms with E-state index in [4.69, 9.17) is 0 Å². The van der Waals surface area contributed by atoms with Crippen LogP contribution in [0.15, 0.2) is 16.7 Å². The largest absolute Gasteiger partial charge is 0.598 e. The van der Waals surface area contributed by atoms with Crippen LogP contribution in [0.1, 0.15) is 46.1 Å². The van der Waals surface area contributed by atoms with Crippen molar-refractivity contribution in [1.82, 2.24) is 9.71 Å². The van der Waals surface area contributed by atoms with Crippen molar-refractivity contribution in [3.8, 4) is 6.07 Å². The Kier molecular flexibility index (Phi) is 7.07. The zero-order chi connectivity index (χ0) is 22.3. The van der Waals surface area contributed by atoms with E-state index in [9.17, 15) is 27.0 Å². The summed E-state index contributed by atoms with van der Waals surface area (Å²) < 4.78 is 67.9. The third-order valence-corrected chi connectivity index (χ3v) is 9.72. The van der Waals surface area contributed by atoms with Gasteiger partial charge in [-0.1, -0.05) is 0 Å². The lowest BCUT2D eigenvalue weighted by atomic mass is 9.97. The maximum Gasteiger partial charge on any atom is 0.218 e. The van der Waals surface area contributed by atoms with E-state index >= 15 is 0 Å². The first kappa shape index (κ1) is 24.5. The summed E-state index contributed by atoms with van der Waals surface area (Å²) in [7, 11) is -4.39. The molecular formula is C18H24BrF2N3O3S2. The molecule has 0 aromatic carbocycles. The molecule has 3 atom stereocenters. The fourth-order valence-electron chi connectivity index (χ4n) is 3.02. The molecule has 0 radical (unpaired) electrons. The summed E-state index contributed by atoms with van der Waals surface area (Å²) in [5.41, 5.74) is -1.86. The highest BCUT2D eigenvalue weighted by Gasteiger charge is 2.58. The van der Waals surface area contributed by atoms with Gasteiger partial charge < -0.3 is 4.55 Å². The second kappa shape index (κ2) is 8.38. The third kappa shape index (κ3) is 4.93. The second-order valence-electron chi connectivity index (χ2n) is 8.48. The average Bonchev–Trinajstić information content (AvgIpc) is 3.42. The summed E-state index contributed by atoms with van der Waals surface area (Å²) in [4.78, 5) is 3.61. The van der Waals surface area contributed by atoms with Crippen molar-refractivity contribution in [1.29, 1.82) is 5.26 Å². The first-order valence-electron chi connectivity index (χ1n) is 8.93. The number of nitrogens with zero attached hydrogens (tertiary/aromatic N) is 2. The van der Waals surface area contributed by atoms with Gasteiger partial charge in [-0.05, 0) is 68.5 Å². The van der Waals surface area contributed by atoms with E-state index in [0.717, 1.165) is 0 Å². The molecule has 162 valence electrons. The molecule has 0 saturated heterocycles. The Hall–Kier alpha value is -0.800. The number of rotatable bonds is 8. The zero-order valence-electron chi connectivity index (χ0n) is 16.6. The van der Waals surface area contributed by atoms with Gasteiger partial charge in [-0.25, -0.2) is 17.8 Å². The number of aromatic nitrogens is 1. The summed E-state index contributed by atoms with van der Waals surface area (Å²) in [6.45, 7) is 5.03. The van der Waals surface area contributed by atoms with Crippen LogP contribution in [0, 0.1) is 23.2 Å². The summed E-state index contributed by atoms with van der Waals surface area (Å²) in [5.74, 6) is -2.37. The first-order chi connectivity index (χ1) is 13.2. The van der Waals surface area contributed by atoms with Crippen molar-refractivity contribution in [2.24, 2.45) is 5.92 Å². The lowest BCUT2D eigenvalue weighted by Crippen LogP contribution is -2.56. The third-order valence-electron chi connectivity index (χ3n) is 4.93. The van der Waals surface area contributed by atoms with Crippen LogP contribution in [0.4, 0.5) is 8.78 Å². The normalized spacial score (nSPS) is 20.4. The topological polar surface area (TPSA) is 106 Å². The Morgan fingerprint density at radius 3 is 2.45 bits per heavy atom. The van der Waals surface area contributed by atoms with E-state index in [1.54, 1.807) is 26.8 Å². The standard InChI is InChI=1S/C18H24BrF2N3O3S2/c1-16(2,3)28(25)24-17(4,14-7-13(19)8-23-15(14)21)11-29(26,27)18(9-20,10-22)12-5-6-12/h7-8,12,24H,5-6,9,11H2,1-4H3/t17?,18?,28-/m1/s1. The summed E-state index contributed by atoms with van der Waals surface area (Å²) in [6, 6.07) is 3.00. The van der Waals surface area contributed by atoms with Gasteiger partial charge in [0, 0.05) is 27.6 Å². The van der Waals surface area contributed by atoms with E-state index in [0.29, 0.717) is 17.3 Å². The second-order valence-corrected chi connectivity index (χ2v) is 13.6. The number of hydrogen-bond donors (Lipinski definition) is 1. The van der Waals surface area contributed by atoms with Gasteiger partial charge in [0.15, 0.2) is 14.6 Å². The number of nitriles is 1. The van der Waals surface area contributed by atoms with Gasteiger partial charge >= 0.3 is 0 Å². The van der Waals surface area contributed by atoms with Gasteiger partial charge in [-0.3, -0.25) is 0 Å². The van der Waals surface area contributed by atoms with E-state index in [1.165, 1.54) is 19.2 Å². The van der Waals surface area contributed by atoms with Crippen LogP contribution < -0.4 is 4.72 Å². The van der Waals surface area contributed by atoms with Gasteiger partial charge in [0.2, 0.25) is 5.95 Å². The van der Waals surface area contributed by atoms with Crippen molar-refractivity contribution in [3.05, 3.63) is 28.2 Å². The number of pyridine rings is 1. The fraction of sp³-hybridized carbons (Fsp3) is 0.667. The molecule has 2 unspecified atom stereocenters. The summed E-state index contributed by atoms with van der Waals surface area (Å²) in [6.07, 6.45) is 2.07. The van der Waals surface area contributed by atoms with Crippen LogP contribution in [0.25, 0.3) is 0 Å². The van der Waals surface area contributed by atoms with Crippen LogP contribution in [0.5, 0.6) is 0 Å². The molecule has 1 aliphatic rings. The molecule has 1 aromatic rings. The van der Waals surface area contributed by atoms with Crippen molar-refractivity contribution in [3.63, 3.8) is 0 Å². The molecule has 0 aliphatic heterocycles. The Morgan fingerprint density at radius 1 is 1.41 bits per heavy atom. The number of sulfone groups is 1. The number of nitrogens with one attached hydrogen (secondary N) is 1. The monoisotopic (exact) mass is 511 g/mol. The average molecular weight is 512 g/mol. The molecule has 1 heterocycles. The number of halogens is 3. The summed E-state index contributed by atoms with van der Waals surface area (Å²) >= 11 is 1.40. The van der Waals surface area contributed by atoms with Gasteiger partial charge in [-0.15, -0.1) is 4.72 Å². The molecule has 1 aromatic heterocycles. The Labute approximate surface area is 181 Å². The predicted molar refractivity (Wildman–Crippen MR) is 111 cm³/mol. The Balaban J connectivity index is 2.59. The molecule has 1 fully saturated rings. The van der Waals surface area contributed by atoms with Crippen LogP contribution in [0.3, 0.4) is 0 Å². The molecule has 1 aliphatic carbocycles. The first-order valence-corrected chi connectivity index (χ1v) is 12.5. The lowest BCUT2D eigenvalue weighted by molar-refractivity contribution is 0.384. The minimum atomic E-state index is -4.39. The molecule has 1 N–H and O–H groups in total. The van der Waals surface area contributed by atoms with Gasteiger partial charge in [0.25, 0.3) is 0 Å². The quantitative estimate of drug-likeness (QED) is 0.423. The zero-order valence-corrected chi connectivity index (χ0v) is 19.8. The molecule has 0 spiro atoms. The lowest BCUT2D eigenvalue weighted by Gasteiger charge is -2.36. The molecular weight excluding hydrogens is 488 g/mol. The molecule has 2 rings (SSSR count). The van der Waals surface area contributed by atoms with E-state index in [1.807, 2.05) is 0 Å². The van der Waals surface area contributed by atoms with Gasteiger partial charge in [0.1, 0.15) is 17.0 Å². The fourth-order valence-corrected chi connectivity index (χ4v) is 6.64. The maximum atomic E-state index is 14.6. The molecule has 11 heteroatoms. The molecule has 0 amide bonds. The smallest absolute Gasteiger partial charge is 0.218 e. The van der Waals surface area contributed by atoms with Crippen molar-refractivity contribution in [2.45, 2.75) is 55.6 Å². The van der Waals surface area contributed by atoms with Crippen LogP contribution in [0.2, 0.25) is 0 Å². The number of alkyl halides is 1. The van der Waals surface area contributed by atoms with Crippen molar-refractivity contribution >= 4 is 37.1 Å². The highest BCUT2D eigenvalue weighted by molar-refractivity contribution is 9.10. The van der Waals surface area contributed by atoms with Crippen LogP contribution >= 0.6 is 15.9 Å². The highest BCUT2D eigenvalue weighted by atomic mass is 79.9. The number of hydrogen-bond acceptors (Lipinski definition) is 6. The maximum absolute atomic E-state index is 14.6. The Morgan fingerprint density at radius 2 is 2.00 bits per heavy atom. The summed E-state index contributed by atoms with van der Waals surface area (Å²) in [5, 5.41) is 9.56.